The van der Waals surface area contributed by atoms with Crippen LogP contribution in [0, 0.1) is 0 Å². The van der Waals surface area contributed by atoms with Gasteiger partial charge in [-0.1, -0.05) is 0 Å². The molecule has 1 N–H and O–H groups in total. The highest BCUT2D eigenvalue weighted by atomic mass is 16.5. The van der Waals surface area contributed by atoms with E-state index in [0.717, 1.165) is 11.4 Å². The summed E-state index contributed by atoms with van der Waals surface area (Å²) in [6, 6.07) is 3.66. The summed E-state index contributed by atoms with van der Waals surface area (Å²) in [6.07, 6.45) is 3.49. The second-order valence-electron chi connectivity index (χ2n) is 4.64. The molecule has 2 aromatic heterocycles. The van der Waals surface area contributed by atoms with Crippen LogP contribution in [0.1, 0.15) is 29.9 Å². The summed E-state index contributed by atoms with van der Waals surface area (Å²) >= 11 is 0. The fourth-order valence-electron chi connectivity index (χ4n) is 1.94. The van der Waals surface area contributed by atoms with Gasteiger partial charge in [0, 0.05) is 12.3 Å². The van der Waals surface area contributed by atoms with Crippen molar-refractivity contribution in [3.8, 4) is 11.6 Å². The normalized spacial score (nSPS) is 13.5. The molecule has 19 heavy (non-hydrogen) atoms. The molecule has 2 aromatic rings. The van der Waals surface area contributed by atoms with Crippen LogP contribution in [0.15, 0.2) is 24.5 Å². The van der Waals surface area contributed by atoms with Gasteiger partial charge in [-0.3, -0.25) is 4.79 Å². The second kappa shape index (κ2) is 4.38. The van der Waals surface area contributed by atoms with Crippen LogP contribution in [0.2, 0.25) is 0 Å². The number of fused-ring (bicyclic) bond motifs is 1. The lowest BCUT2D eigenvalue weighted by atomic mass is 10.3. The number of pyridine rings is 1. The van der Waals surface area contributed by atoms with Gasteiger partial charge in [0.2, 0.25) is 5.88 Å². The second-order valence-corrected chi connectivity index (χ2v) is 4.64. The zero-order valence-corrected chi connectivity index (χ0v) is 10.8. The van der Waals surface area contributed by atoms with Gasteiger partial charge < -0.3 is 10.1 Å². The maximum Gasteiger partial charge on any atom is 0.255 e. The standard InChI is InChI=1S/C13H14N4O2/c1-8(2)19-12-4-3-9(5-14-12)17-7-10-11(16-17)6-15-13(10)18/h3-5,7-8H,6H2,1-2H3,(H,15,18). The van der Waals surface area contributed by atoms with E-state index in [4.69, 9.17) is 4.74 Å². The first-order valence-electron chi connectivity index (χ1n) is 6.13. The fourth-order valence-corrected chi connectivity index (χ4v) is 1.94. The molecule has 98 valence electrons. The smallest absolute Gasteiger partial charge is 0.255 e. The Kier molecular flexibility index (Phi) is 2.70. The first-order chi connectivity index (χ1) is 9.13. The summed E-state index contributed by atoms with van der Waals surface area (Å²) in [6.45, 7) is 4.39. The number of rotatable bonds is 3. The number of amides is 1. The van der Waals surface area contributed by atoms with Crippen LogP contribution in [-0.2, 0) is 6.54 Å². The Balaban J connectivity index is 1.86. The molecule has 0 saturated carbocycles. The average Bonchev–Trinajstić information content (AvgIpc) is 2.92. The number of nitrogens with zero attached hydrogens (tertiary/aromatic N) is 3. The Bertz CT molecular complexity index is 616. The van der Waals surface area contributed by atoms with Crippen molar-refractivity contribution in [3.05, 3.63) is 35.8 Å². The van der Waals surface area contributed by atoms with E-state index in [1.165, 1.54) is 0 Å². The summed E-state index contributed by atoms with van der Waals surface area (Å²) < 4.78 is 7.14. The lowest BCUT2D eigenvalue weighted by molar-refractivity contribution is 0.0965. The van der Waals surface area contributed by atoms with E-state index < -0.39 is 0 Å². The molecule has 1 aliphatic heterocycles. The largest absolute Gasteiger partial charge is 0.475 e. The highest BCUT2D eigenvalue weighted by Crippen LogP contribution is 2.17. The molecule has 1 aliphatic rings. The van der Waals surface area contributed by atoms with Crippen LogP contribution in [0.25, 0.3) is 5.69 Å². The summed E-state index contributed by atoms with van der Waals surface area (Å²) in [7, 11) is 0. The third kappa shape index (κ3) is 2.16. The number of carbonyl (C=O) groups excluding carboxylic acids is 1. The van der Waals surface area contributed by atoms with Gasteiger partial charge in [-0.15, -0.1) is 0 Å². The van der Waals surface area contributed by atoms with Crippen LogP contribution in [0.3, 0.4) is 0 Å². The van der Waals surface area contributed by atoms with Crippen molar-refractivity contribution in [1.82, 2.24) is 20.1 Å². The first kappa shape index (κ1) is 11.7. The summed E-state index contributed by atoms with van der Waals surface area (Å²) in [4.78, 5) is 15.7. The van der Waals surface area contributed by atoms with Crippen LogP contribution in [-0.4, -0.2) is 26.8 Å². The summed E-state index contributed by atoms with van der Waals surface area (Å²) in [5, 5.41) is 7.08. The van der Waals surface area contributed by atoms with E-state index in [-0.39, 0.29) is 12.0 Å². The molecule has 3 rings (SSSR count). The monoisotopic (exact) mass is 258 g/mol. The highest BCUT2D eigenvalue weighted by molar-refractivity contribution is 5.97. The number of carbonyl (C=O) groups is 1. The van der Waals surface area contributed by atoms with Gasteiger partial charge in [-0.05, 0) is 19.9 Å². The van der Waals surface area contributed by atoms with Crippen molar-refractivity contribution < 1.29 is 9.53 Å². The van der Waals surface area contributed by atoms with Gasteiger partial charge in [-0.2, -0.15) is 5.10 Å². The SMILES string of the molecule is CC(C)Oc1ccc(-n2cc3c(n2)CNC3=O)cn1. The van der Waals surface area contributed by atoms with Crippen molar-refractivity contribution in [3.63, 3.8) is 0 Å². The minimum Gasteiger partial charge on any atom is -0.475 e. The molecule has 0 spiro atoms. The quantitative estimate of drug-likeness (QED) is 0.901. The Hall–Kier alpha value is -2.37. The molecule has 0 bridgehead atoms. The van der Waals surface area contributed by atoms with E-state index in [0.29, 0.717) is 18.0 Å². The highest BCUT2D eigenvalue weighted by Gasteiger charge is 2.23. The van der Waals surface area contributed by atoms with Crippen LogP contribution in [0.4, 0.5) is 0 Å². The van der Waals surface area contributed by atoms with Crippen LogP contribution >= 0.6 is 0 Å². The average molecular weight is 258 g/mol. The minimum absolute atomic E-state index is 0.0750. The molecular weight excluding hydrogens is 244 g/mol. The van der Waals surface area contributed by atoms with Crippen molar-refractivity contribution in [1.29, 1.82) is 0 Å². The van der Waals surface area contributed by atoms with Crippen molar-refractivity contribution in [2.75, 3.05) is 0 Å². The van der Waals surface area contributed by atoms with Crippen LogP contribution in [0.5, 0.6) is 5.88 Å². The lowest BCUT2D eigenvalue weighted by Crippen LogP contribution is -2.14. The number of hydrogen-bond acceptors (Lipinski definition) is 4. The maximum atomic E-state index is 11.5. The molecule has 0 aliphatic carbocycles. The number of hydrogen-bond donors (Lipinski definition) is 1. The Morgan fingerprint density at radius 3 is 2.89 bits per heavy atom. The first-order valence-corrected chi connectivity index (χ1v) is 6.13. The van der Waals surface area contributed by atoms with Gasteiger partial charge >= 0.3 is 0 Å². The Labute approximate surface area is 110 Å². The Morgan fingerprint density at radius 2 is 2.26 bits per heavy atom. The predicted molar refractivity (Wildman–Crippen MR) is 68.3 cm³/mol. The number of aromatic nitrogens is 3. The van der Waals surface area contributed by atoms with E-state index in [1.807, 2.05) is 19.9 Å². The molecular formula is C13H14N4O2. The molecule has 0 atom stereocenters. The van der Waals surface area contributed by atoms with Crippen molar-refractivity contribution >= 4 is 5.91 Å². The van der Waals surface area contributed by atoms with E-state index in [9.17, 15) is 4.79 Å². The van der Waals surface area contributed by atoms with Gasteiger partial charge in [0.25, 0.3) is 5.91 Å². The molecule has 0 fully saturated rings. The maximum absolute atomic E-state index is 11.5. The van der Waals surface area contributed by atoms with Gasteiger partial charge in [0.05, 0.1) is 35.8 Å². The number of ether oxygens (including phenoxy) is 1. The zero-order valence-electron chi connectivity index (χ0n) is 10.8. The topological polar surface area (TPSA) is 69.0 Å². The Morgan fingerprint density at radius 1 is 1.42 bits per heavy atom. The van der Waals surface area contributed by atoms with E-state index >= 15 is 0 Å². The van der Waals surface area contributed by atoms with E-state index in [1.54, 1.807) is 23.1 Å². The molecule has 1 amide bonds. The number of nitrogens with one attached hydrogen (secondary N) is 1. The van der Waals surface area contributed by atoms with Gasteiger partial charge in [-0.25, -0.2) is 9.67 Å². The molecule has 6 nitrogen and oxygen atoms in total. The van der Waals surface area contributed by atoms with Crippen LogP contribution < -0.4 is 10.1 Å². The summed E-state index contributed by atoms with van der Waals surface area (Å²) in [5.41, 5.74) is 2.20. The van der Waals surface area contributed by atoms with Crippen molar-refractivity contribution in [2.24, 2.45) is 0 Å². The summed E-state index contributed by atoms with van der Waals surface area (Å²) in [5.74, 6) is 0.505. The molecule has 0 aromatic carbocycles. The third-order valence-corrected chi connectivity index (χ3v) is 2.79. The molecule has 3 heterocycles. The van der Waals surface area contributed by atoms with Gasteiger partial charge in [0.15, 0.2) is 0 Å². The fraction of sp³-hybridized carbons (Fsp3) is 0.308. The zero-order chi connectivity index (χ0) is 13.4. The molecule has 0 unspecified atom stereocenters. The lowest BCUT2D eigenvalue weighted by Gasteiger charge is -2.08. The third-order valence-electron chi connectivity index (χ3n) is 2.79. The molecule has 0 saturated heterocycles. The molecule has 6 heteroatoms. The predicted octanol–water partition coefficient (Wildman–Crippen LogP) is 1.30. The van der Waals surface area contributed by atoms with Gasteiger partial charge in [0.1, 0.15) is 0 Å². The van der Waals surface area contributed by atoms with Crippen molar-refractivity contribution in [2.45, 2.75) is 26.5 Å². The van der Waals surface area contributed by atoms with E-state index in [2.05, 4.69) is 15.4 Å². The minimum atomic E-state index is -0.0750. The molecule has 0 radical (unpaired) electrons.